The van der Waals surface area contributed by atoms with E-state index in [1.807, 2.05) is 6.07 Å². The SMILES string of the molecule is CCN(CC)CCNC(=O)c1cc(NC(=O)Nc2ccc(F)c(F)c2)ccc1N1CCC(C)CC1. The van der Waals surface area contributed by atoms with E-state index >= 15 is 0 Å². The molecule has 0 spiro atoms. The quantitative estimate of drug-likeness (QED) is 0.470. The topological polar surface area (TPSA) is 76.7 Å². The number of piperidine rings is 1. The fraction of sp³-hybridized carbons (Fsp3) is 0.462. The van der Waals surface area contributed by atoms with Gasteiger partial charge < -0.3 is 25.8 Å². The predicted octanol–water partition coefficient (Wildman–Crippen LogP) is 4.92. The van der Waals surface area contributed by atoms with E-state index in [2.05, 4.69) is 46.5 Å². The van der Waals surface area contributed by atoms with Gasteiger partial charge >= 0.3 is 6.03 Å². The van der Waals surface area contributed by atoms with Crippen LogP contribution in [0.2, 0.25) is 0 Å². The molecule has 1 saturated heterocycles. The molecule has 2 aromatic carbocycles. The first-order valence-corrected chi connectivity index (χ1v) is 12.2. The Balaban J connectivity index is 1.75. The number of amides is 3. The Morgan fingerprint density at radius 1 is 0.971 bits per heavy atom. The van der Waals surface area contributed by atoms with Gasteiger partial charge in [-0.2, -0.15) is 0 Å². The second-order valence-corrected chi connectivity index (χ2v) is 8.89. The summed E-state index contributed by atoms with van der Waals surface area (Å²) in [6.45, 7) is 11.2. The van der Waals surface area contributed by atoms with Crippen molar-refractivity contribution >= 4 is 29.0 Å². The zero-order valence-corrected chi connectivity index (χ0v) is 20.7. The van der Waals surface area contributed by atoms with Crippen LogP contribution >= 0.6 is 0 Å². The van der Waals surface area contributed by atoms with Crippen LogP contribution in [0.5, 0.6) is 0 Å². The molecule has 35 heavy (non-hydrogen) atoms. The second-order valence-electron chi connectivity index (χ2n) is 8.89. The first kappa shape index (κ1) is 26.4. The lowest BCUT2D eigenvalue weighted by molar-refractivity contribution is 0.0949. The largest absolute Gasteiger partial charge is 0.371 e. The van der Waals surface area contributed by atoms with E-state index in [9.17, 15) is 18.4 Å². The average molecular weight is 488 g/mol. The molecule has 0 aromatic heterocycles. The molecule has 0 bridgehead atoms. The molecule has 1 aliphatic heterocycles. The minimum atomic E-state index is -1.05. The molecule has 3 amide bonds. The average Bonchev–Trinajstić information content (AvgIpc) is 2.84. The van der Waals surface area contributed by atoms with Crippen LogP contribution < -0.4 is 20.9 Å². The van der Waals surface area contributed by atoms with Gasteiger partial charge in [0.1, 0.15) is 0 Å². The molecule has 7 nitrogen and oxygen atoms in total. The Hall–Kier alpha value is -3.20. The van der Waals surface area contributed by atoms with Gasteiger partial charge in [-0.05, 0) is 62.2 Å². The number of hydrogen-bond acceptors (Lipinski definition) is 4. The van der Waals surface area contributed by atoms with Crippen molar-refractivity contribution < 1.29 is 18.4 Å². The van der Waals surface area contributed by atoms with Crippen molar-refractivity contribution in [2.45, 2.75) is 33.6 Å². The molecule has 0 atom stereocenters. The number of hydrogen-bond donors (Lipinski definition) is 3. The Bertz CT molecular complexity index is 1020. The van der Waals surface area contributed by atoms with Crippen molar-refractivity contribution in [1.29, 1.82) is 0 Å². The molecular formula is C26H35F2N5O2. The van der Waals surface area contributed by atoms with Crippen molar-refractivity contribution in [3.63, 3.8) is 0 Å². The fourth-order valence-corrected chi connectivity index (χ4v) is 4.15. The lowest BCUT2D eigenvalue weighted by Gasteiger charge is -2.33. The number of likely N-dealkylation sites (N-methyl/N-ethyl adjacent to an activating group) is 1. The maximum absolute atomic E-state index is 13.4. The number of rotatable bonds is 9. The summed E-state index contributed by atoms with van der Waals surface area (Å²) in [4.78, 5) is 30.1. The van der Waals surface area contributed by atoms with E-state index in [0.29, 0.717) is 23.7 Å². The van der Waals surface area contributed by atoms with Crippen LogP contribution in [0, 0.1) is 17.6 Å². The van der Waals surface area contributed by atoms with Gasteiger partial charge in [-0.25, -0.2) is 13.6 Å². The van der Waals surface area contributed by atoms with Crippen molar-refractivity contribution in [2.24, 2.45) is 5.92 Å². The van der Waals surface area contributed by atoms with Crippen LogP contribution in [-0.4, -0.2) is 56.1 Å². The van der Waals surface area contributed by atoms with Crippen LogP contribution in [0.25, 0.3) is 0 Å². The second kappa shape index (κ2) is 12.5. The Morgan fingerprint density at radius 3 is 2.23 bits per heavy atom. The summed E-state index contributed by atoms with van der Waals surface area (Å²) in [7, 11) is 0. The molecule has 0 radical (unpaired) electrons. The van der Waals surface area contributed by atoms with E-state index in [1.54, 1.807) is 12.1 Å². The molecule has 3 N–H and O–H groups in total. The minimum absolute atomic E-state index is 0.120. The molecule has 0 unspecified atom stereocenters. The third-order valence-corrected chi connectivity index (χ3v) is 6.41. The molecular weight excluding hydrogens is 452 g/mol. The van der Waals surface area contributed by atoms with Gasteiger partial charge in [0.15, 0.2) is 11.6 Å². The molecule has 1 fully saturated rings. The number of nitrogens with one attached hydrogen (secondary N) is 3. The zero-order chi connectivity index (χ0) is 25.4. The van der Waals surface area contributed by atoms with Gasteiger partial charge in [0, 0.05) is 49.3 Å². The molecule has 190 valence electrons. The van der Waals surface area contributed by atoms with Gasteiger partial charge in [-0.3, -0.25) is 4.79 Å². The third kappa shape index (κ3) is 7.39. The number of urea groups is 1. The highest BCUT2D eigenvalue weighted by molar-refractivity contribution is 6.04. The Morgan fingerprint density at radius 2 is 1.60 bits per heavy atom. The Kier molecular flexibility index (Phi) is 9.42. The number of anilines is 3. The van der Waals surface area contributed by atoms with E-state index in [4.69, 9.17) is 0 Å². The first-order chi connectivity index (χ1) is 16.8. The van der Waals surface area contributed by atoms with Crippen molar-refractivity contribution in [3.05, 3.63) is 53.6 Å². The molecule has 1 heterocycles. The van der Waals surface area contributed by atoms with Crippen LogP contribution in [0.4, 0.5) is 30.6 Å². The molecule has 9 heteroatoms. The monoisotopic (exact) mass is 487 g/mol. The Labute approximate surface area is 205 Å². The highest BCUT2D eigenvalue weighted by atomic mass is 19.2. The lowest BCUT2D eigenvalue weighted by Crippen LogP contribution is -2.37. The van der Waals surface area contributed by atoms with Gasteiger partial charge in [0.25, 0.3) is 5.91 Å². The van der Waals surface area contributed by atoms with E-state index < -0.39 is 17.7 Å². The number of carbonyl (C=O) groups excluding carboxylic acids is 2. The molecule has 1 aliphatic rings. The summed E-state index contributed by atoms with van der Waals surface area (Å²) in [5.74, 6) is -1.59. The maximum Gasteiger partial charge on any atom is 0.323 e. The van der Waals surface area contributed by atoms with Crippen molar-refractivity contribution in [3.8, 4) is 0 Å². The number of halogens is 2. The summed E-state index contributed by atoms with van der Waals surface area (Å²) in [5.41, 5.74) is 1.87. The van der Waals surface area contributed by atoms with Gasteiger partial charge in [0.2, 0.25) is 0 Å². The fourth-order valence-electron chi connectivity index (χ4n) is 4.15. The van der Waals surface area contributed by atoms with Crippen LogP contribution in [-0.2, 0) is 0 Å². The molecule has 3 rings (SSSR count). The highest BCUT2D eigenvalue weighted by Gasteiger charge is 2.22. The van der Waals surface area contributed by atoms with Gasteiger partial charge in [0.05, 0.1) is 5.56 Å². The predicted molar refractivity (Wildman–Crippen MR) is 136 cm³/mol. The minimum Gasteiger partial charge on any atom is -0.371 e. The van der Waals surface area contributed by atoms with Crippen LogP contribution in [0.15, 0.2) is 36.4 Å². The van der Waals surface area contributed by atoms with Crippen LogP contribution in [0.1, 0.15) is 44.0 Å². The normalized spacial score (nSPS) is 14.2. The van der Waals surface area contributed by atoms with Gasteiger partial charge in [-0.1, -0.05) is 20.8 Å². The van der Waals surface area contributed by atoms with E-state index in [0.717, 1.165) is 63.4 Å². The third-order valence-electron chi connectivity index (χ3n) is 6.41. The van der Waals surface area contributed by atoms with E-state index in [-0.39, 0.29) is 11.6 Å². The van der Waals surface area contributed by atoms with Crippen molar-refractivity contribution in [1.82, 2.24) is 10.2 Å². The zero-order valence-electron chi connectivity index (χ0n) is 20.7. The number of nitrogens with zero attached hydrogens (tertiary/aromatic N) is 2. The van der Waals surface area contributed by atoms with E-state index in [1.165, 1.54) is 6.07 Å². The molecule has 2 aromatic rings. The standard InChI is InChI=1S/C26H35F2N5O2/c1-4-32(5-2)15-12-29-25(34)21-16-19(7-9-24(21)33-13-10-18(3)11-14-33)30-26(35)31-20-6-8-22(27)23(28)17-20/h6-9,16-18H,4-5,10-15H2,1-3H3,(H,29,34)(H2,30,31,35). The summed E-state index contributed by atoms with van der Waals surface area (Å²) in [6, 6.07) is 7.75. The van der Waals surface area contributed by atoms with Crippen molar-refractivity contribution in [2.75, 3.05) is 54.8 Å². The summed E-state index contributed by atoms with van der Waals surface area (Å²) >= 11 is 0. The highest BCUT2D eigenvalue weighted by Crippen LogP contribution is 2.29. The summed E-state index contributed by atoms with van der Waals surface area (Å²) < 4.78 is 26.6. The molecule has 0 saturated carbocycles. The van der Waals surface area contributed by atoms with Gasteiger partial charge in [-0.15, -0.1) is 0 Å². The number of carbonyl (C=O) groups is 2. The van der Waals surface area contributed by atoms with Crippen LogP contribution in [0.3, 0.4) is 0 Å². The number of benzene rings is 2. The summed E-state index contributed by atoms with van der Waals surface area (Å²) in [5, 5.41) is 8.16. The smallest absolute Gasteiger partial charge is 0.323 e. The molecule has 0 aliphatic carbocycles. The maximum atomic E-state index is 13.4. The first-order valence-electron chi connectivity index (χ1n) is 12.2. The lowest BCUT2D eigenvalue weighted by atomic mass is 9.98. The summed E-state index contributed by atoms with van der Waals surface area (Å²) in [6.07, 6.45) is 2.11.